The molecule has 0 aliphatic heterocycles. The molecule has 0 saturated heterocycles. The maximum Gasteiger partial charge on any atom is 0.140 e. The summed E-state index contributed by atoms with van der Waals surface area (Å²) in [5, 5.41) is 10.5. The van der Waals surface area contributed by atoms with Crippen LogP contribution in [0.2, 0.25) is 0 Å². The molecule has 2 nitrogen and oxygen atoms in total. The quantitative estimate of drug-likeness (QED) is 0.690. The van der Waals surface area contributed by atoms with Crippen molar-refractivity contribution in [3.05, 3.63) is 11.6 Å². The third-order valence-electron chi connectivity index (χ3n) is 7.52. The first kappa shape index (κ1) is 14.0. The largest absolute Gasteiger partial charge is 0.393 e. The Morgan fingerprint density at radius 1 is 1.29 bits per heavy atom. The van der Waals surface area contributed by atoms with Gasteiger partial charge in [-0.3, -0.25) is 4.79 Å². The molecule has 2 heteroatoms. The minimum Gasteiger partial charge on any atom is -0.393 e. The molecule has 0 radical (unpaired) electrons. The smallest absolute Gasteiger partial charge is 0.140 e. The maximum absolute atomic E-state index is 12.5. The van der Waals surface area contributed by atoms with Crippen molar-refractivity contribution in [1.29, 1.82) is 0 Å². The van der Waals surface area contributed by atoms with Crippen LogP contribution >= 0.6 is 0 Å². The van der Waals surface area contributed by atoms with Gasteiger partial charge >= 0.3 is 0 Å². The number of ketones is 1. The highest BCUT2D eigenvalue weighted by atomic mass is 16.3. The van der Waals surface area contributed by atoms with Crippen LogP contribution in [-0.2, 0) is 4.79 Å². The van der Waals surface area contributed by atoms with Crippen LogP contribution in [0.5, 0.6) is 0 Å². The first-order chi connectivity index (χ1) is 10.0. The minimum absolute atomic E-state index is 0.116. The van der Waals surface area contributed by atoms with E-state index in [0.717, 1.165) is 38.5 Å². The summed E-state index contributed by atoms with van der Waals surface area (Å²) in [6.07, 6.45) is 9.51. The summed E-state index contributed by atoms with van der Waals surface area (Å²) >= 11 is 0. The highest BCUT2D eigenvalue weighted by Gasteiger charge is 2.58. The van der Waals surface area contributed by atoms with E-state index in [4.69, 9.17) is 0 Å². The average Bonchev–Trinajstić information content (AvgIpc) is 2.75. The molecule has 0 bridgehead atoms. The molecule has 3 saturated carbocycles. The molecule has 0 heterocycles. The normalized spacial score (nSPS) is 52.7. The fourth-order valence-electron chi connectivity index (χ4n) is 6.53. The number of aliphatic hydroxyl groups is 1. The minimum atomic E-state index is -0.116. The Bertz CT molecular complexity index is 494. The molecule has 1 N–H and O–H groups in total. The first-order valence-corrected chi connectivity index (χ1v) is 8.92. The van der Waals surface area contributed by atoms with Crippen LogP contribution in [0, 0.1) is 35.0 Å². The Balaban J connectivity index is 1.71. The van der Waals surface area contributed by atoms with Gasteiger partial charge in [-0.25, -0.2) is 0 Å². The number of aliphatic hydroxyl groups excluding tert-OH is 1. The molecule has 0 amide bonds. The second kappa shape index (κ2) is 4.68. The van der Waals surface area contributed by atoms with Gasteiger partial charge in [0.05, 0.1) is 6.10 Å². The van der Waals surface area contributed by atoms with Crippen LogP contribution in [-0.4, -0.2) is 17.0 Å². The van der Waals surface area contributed by atoms with Crippen molar-refractivity contribution < 1.29 is 9.90 Å². The zero-order valence-corrected chi connectivity index (χ0v) is 13.3. The number of carbonyl (C=O) groups is 1. The zero-order chi connectivity index (χ0) is 14.8. The highest BCUT2D eigenvalue weighted by molar-refractivity contribution is 5.85. The Morgan fingerprint density at radius 3 is 2.90 bits per heavy atom. The second-order valence-corrected chi connectivity index (χ2v) is 8.43. The van der Waals surface area contributed by atoms with Gasteiger partial charge in [0, 0.05) is 12.3 Å². The monoisotopic (exact) mass is 288 g/mol. The van der Waals surface area contributed by atoms with Gasteiger partial charge in [-0.2, -0.15) is 0 Å². The van der Waals surface area contributed by atoms with Crippen LogP contribution < -0.4 is 0 Å². The topological polar surface area (TPSA) is 37.3 Å². The summed E-state index contributed by atoms with van der Waals surface area (Å²) in [4.78, 5) is 12.5. The van der Waals surface area contributed by atoms with E-state index in [9.17, 15) is 9.90 Å². The van der Waals surface area contributed by atoms with Crippen LogP contribution in [0.4, 0.5) is 0 Å². The Labute approximate surface area is 128 Å². The van der Waals surface area contributed by atoms with Gasteiger partial charge in [0.1, 0.15) is 5.78 Å². The fourth-order valence-corrected chi connectivity index (χ4v) is 6.53. The summed E-state index contributed by atoms with van der Waals surface area (Å²) in [7, 11) is 0. The first-order valence-electron chi connectivity index (χ1n) is 8.92. The second-order valence-electron chi connectivity index (χ2n) is 8.43. The number of hydrogen-bond acceptors (Lipinski definition) is 2. The molecule has 4 aliphatic carbocycles. The molecule has 0 spiro atoms. The van der Waals surface area contributed by atoms with Crippen molar-refractivity contribution in [3.63, 3.8) is 0 Å². The molecule has 0 unspecified atom stereocenters. The van der Waals surface area contributed by atoms with Crippen LogP contribution in [0.15, 0.2) is 11.6 Å². The molecule has 0 aromatic carbocycles. The highest BCUT2D eigenvalue weighted by Crippen LogP contribution is 2.62. The van der Waals surface area contributed by atoms with Crippen molar-refractivity contribution in [1.82, 2.24) is 0 Å². The third kappa shape index (κ3) is 1.84. The molecular weight excluding hydrogens is 260 g/mol. The summed E-state index contributed by atoms with van der Waals surface area (Å²) in [6.45, 7) is 4.70. The van der Waals surface area contributed by atoms with E-state index in [1.165, 1.54) is 12.0 Å². The lowest BCUT2D eigenvalue weighted by Gasteiger charge is -2.55. The number of carbonyl (C=O) groups excluding carboxylic acids is 1. The Morgan fingerprint density at radius 2 is 2.10 bits per heavy atom. The molecular formula is C19H28O2. The number of rotatable bonds is 0. The van der Waals surface area contributed by atoms with E-state index in [-0.39, 0.29) is 17.4 Å². The molecule has 4 aliphatic rings. The fraction of sp³-hybridized carbons (Fsp3) is 0.842. The van der Waals surface area contributed by atoms with Gasteiger partial charge in [0.25, 0.3) is 0 Å². The maximum atomic E-state index is 12.5. The van der Waals surface area contributed by atoms with Crippen molar-refractivity contribution in [2.45, 2.75) is 64.9 Å². The standard InChI is InChI=1S/C19H28O2/c1-11-10-12-4-3-5-15(20)18(12)13-8-9-19(2)14(17(11)13)6-7-16(19)21/h4,11,13-14,16-18,21H,3,5-10H2,1-2H3/t11-,13+,14+,16+,17-,18+,19+/m1/s1. The van der Waals surface area contributed by atoms with Crippen molar-refractivity contribution in [2.24, 2.45) is 35.0 Å². The van der Waals surface area contributed by atoms with E-state index < -0.39 is 0 Å². The lowest BCUT2D eigenvalue weighted by molar-refractivity contribution is -0.130. The number of allylic oxidation sites excluding steroid dienone is 2. The summed E-state index contributed by atoms with van der Waals surface area (Å²) < 4.78 is 0. The van der Waals surface area contributed by atoms with Crippen molar-refractivity contribution in [3.8, 4) is 0 Å². The number of Topliss-reactive ketones (excluding diaryl/α,β-unsaturated/α-hetero) is 1. The molecule has 0 aromatic rings. The van der Waals surface area contributed by atoms with Crippen LogP contribution in [0.25, 0.3) is 0 Å². The Kier molecular flexibility index (Phi) is 3.12. The van der Waals surface area contributed by atoms with Crippen LogP contribution in [0.1, 0.15) is 58.8 Å². The van der Waals surface area contributed by atoms with Crippen molar-refractivity contribution in [2.75, 3.05) is 0 Å². The number of fused-ring (bicyclic) bond motifs is 5. The Hall–Kier alpha value is -0.630. The summed E-state index contributed by atoms with van der Waals surface area (Å²) in [5.74, 6) is 3.29. The van der Waals surface area contributed by atoms with Crippen LogP contribution in [0.3, 0.4) is 0 Å². The summed E-state index contributed by atoms with van der Waals surface area (Å²) in [5.41, 5.74) is 1.58. The summed E-state index contributed by atoms with van der Waals surface area (Å²) in [6, 6.07) is 0. The van der Waals surface area contributed by atoms with Gasteiger partial charge in [-0.05, 0) is 67.6 Å². The molecule has 116 valence electrons. The van der Waals surface area contributed by atoms with Gasteiger partial charge in [0.2, 0.25) is 0 Å². The molecule has 7 atom stereocenters. The van der Waals surface area contributed by atoms with Gasteiger partial charge in [-0.1, -0.05) is 25.5 Å². The zero-order valence-electron chi connectivity index (χ0n) is 13.3. The average molecular weight is 288 g/mol. The molecule has 21 heavy (non-hydrogen) atoms. The van der Waals surface area contributed by atoms with E-state index in [2.05, 4.69) is 19.9 Å². The van der Waals surface area contributed by atoms with E-state index in [0.29, 0.717) is 29.5 Å². The van der Waals surface area contributed by atoms with E-state index >= 15 is 0 Å². The third-order valence-corrected chi connectivity index (χ3v) is 7.52. The van der Waals surface area contributed by atoms with Crippen molar-refractivity contribution >= 4 is 5.78 Å². The van der Waals surface area contributed by atoms with Gasteiger partial charge in [-0.15, -0.1) is 0 Å². The molecule has 4 rings (SSSR count). The van der Waals surface area contributed by atoms with E-state index in [1.54, 1.807) is 0 Å². The van der Waals surface area contributed by atoms with Gasteiger partial charge in [0.15, 0.2) is 0 Å². The number of hydrogen-bond donors (Lipinski definition) is 1. The SMILES string of the molecule is C[C@@H]1CC2=CCCC(=O)[C@@H]2[C@H]2CC[C@]3(C)[C@@H](O)CC[C@H]3[C@@H]21. The lowest BCUT2D eigenvalue weighted by Crippen LogP contribution is -2.51. The van der Waals surface area contributed by atoms with Gasteiger partial charge < -0.3 is 5.11 Å². The predicted molar refractivity (Wildman–Crippen MR) is 82.6 cm³/mol. The molecule has 3 fully saturated rings. The predicted octanol–water partition coefficient (Wildman–Crippen LogP) is 3.74. The van der Waals surface area contributed by atoms with E-state index in [1.807, 2.05) is 0 Å². The lowest BCUT2D eigenvalue weighted by atomic mass is 9.49. The molecule has 0 aromatic heterocycles.